The molecule has 26 heavy (non-hydrogen) atoms. The van der Waals surface area contributed by atoms with Crippen molar-refractivity contribution >= 4 is 17.5 Å². The Hall–Kier alpha value is -2.54. The van der Waals surface area contributed by atoms with Crippen LogP contribution < -0.4 is 0 Å². The van der Waals surface area contributed by atoms with Crippen LogP contribution >= 0.6 is 11.8 Å². The van der Waals surface area contributed by atoms with Crippen LogP contribution in [0.15, 0.2) is 47.6 Å². The summed E-state index contributed by atoms with van der Waals surface area (Å²) in [6, 6.07) is 11.7. The molecule has 1 heterocycles. The molecule has 0 N–H and O–H groups in total. The van der Waals surface area contributed by atoms with Gasteiger partial charge in [-0.25, -0.2) is 4.39 Å². The van der Waals surface area contributed by atoms with Crippen LogP contribution in [0, 0.1) is 19.7 Å². The fraction of sp³-hybridized carbons (Fsp3) is 0.263. The summed E-state index contributed by atoms with van der Waals surface area (Å²) in [5, 5.41) is 12.7. The van der Waals surface area contributed by atoms with Crippen molar-refractivity contribution in [1.29, 1.82) is 0 Å². The summed E-state index contributed by atoms with van der Waals surface area (Å²) in [4.78, 5) is 12.1. The van der Waals surface area contributed by atoms with Crippen molar-refractivity contribution in [1.82, 2.24) is 20.2 Å². The average Bonchev–Trinajstić information content (AvgIpc) is 3.07. The summed E-state index contributed by atoms with van der Waals surface area (Å²) < 4.78 is 14.7. The molecule has 134 valence electrons. The van der Waals surface area contributed by atoms with Gasteiger partial charge >= 0.3 is 0 Å². The third-order valence-electron chi connectivity index (χ3n) is 4.04. The first-order chi connectivity index (χ1) is 12.6. The summed E-state index contributed by atoms with van der Waals surface area (Å²) >= 11 is 1.52. The van der Waals surface area contributed by atoms with Crippen LogP contribution in [-0.2, 0) is 0 Å². The molecule has 0 aliphatic carbocycles. The maximum absolute atomic E-state index is 12.9. The maximum Gasteiger partial charge on any atom is 0.214 e. The SMILES string of the molecule is Cc1cccc(C)c1-n1nnnc1SCCCC(=O)c1ccc(F)cc1. The van der Waals surface area contributed by atoms with Crippen molar-refractivity contribution in [2.75, 3.05) is 5.75 Å². The predicted octanol–water partition coefficient (Wildman–Crippen LogP) is 4.17. The number of nitrogens with zero attached hydrogens (tertiary/aromatic N) is 4. The summed E-state index contributed by atoms with van der Waals surface area (Å²) in [5.41, 5.74) is 3.73. The first-order valence-corrected chi connectivity index (χ1v) is 9.31. The molecule has 3 aromatic rings. The molecule has 0 saturated heterocycles. The monoisotopic (exact) mass is 370 g/mol. The highest BCUT2D eigenvalue weighted by Gasteiger charge is 2.13. The van der Waals surface area contributed by atoms with Gasteiger partial charge in [0.05, 0.1) is 5.69 Å². The smallest absolute Gasteiger partial charge is 0.214 e. The molecule has 0 bridgehead atoms. The van der Waals surface area contributed by atoms with E-state index in [0.29, 0.717) is 23.6 Å². The second-order valence-corrected chi connectivity index (χ2v) is 7.06. The first kappa shape index (κ1) is 18.3. The van der Waals surface area contributed by atoms with Gasteiger partial charge in [0, 0.05) is 17.7 Å². The number of hydrogen-bond donors (Lipinski definition) is 0. The van der Waals surface area contributed by atoms with Crippen LogP contribution in [0.2, 0.25) is 0 Å². The van der Waals surface area contributed by atoms with E-state index < -0.39 is 0 Å². The van der Waals surface area contributed by atoms with Crippen molar-refractivity contribution in [2.24, 2.45) is 0 Å². The molecule has 0 fully saturated rings. The fourth-order valence-electron chi connectivity index (χ4n) is 2.73. The van der Waals surface area contributed by atoms with E-state index in [9.17, 15) is 9.18 Å². The summed E-state index contributed by atoms with van der Waals surface area (Å²) in [7, 11) is 0. The minimum Gasteiger partial charge on any atom is -0.294 e. The molecule has 0 spiro atoms. The molecule has 0 unspecified atom stereocenters. The van der Waals surface area contributed by atoms with Crippen LogP contribution in [0.5, 0.6) is 0 Å². The van der Waals surface area contributed by atoms with E-state index in [1.54, 1.807) is 4.68 Å². The predicted molar refractivity (Wildman–Crippen MR) is 99.3 cm³/mol. The van der Waals surface area contributed by atoms with E-state index in [2.05, 4.69) is 15.5 Å². The zero-order valence-corrected chi connectivity index (χ0v) is 15.5. The Kier molecular flexibility index (Phi) is 5.78. The number of halogens is 1. The van der Waals surface area contributed by atoms with E-state index in [1.165, 1.54) is 36.0 Å². The van der Waals surface area contributed by atoms with E-state index in [1.807, 2.05) is 32.0 Å². The van der Waals surface area contributed by atoms with Gasteiger partial charge in [0.2, 0.25) is 5.16 Å². The van der Waals surface area contributed by atoms with Gasteiger partial charge in [-0.1, -0.05) is 30.0 Å². The molecule has 0 amide bonds. The number of para-hydroxylation sites is 1. The molecule has 0 aliphatic heterocycles. The van der Waals surface area contributed by atoms with Crippen molar-refractivity contribution in [3.05, 3.63) is 65.0 Å². The third kappa shape index (κ3) is 4.16. The van der Waals surface area contributed by atoms with Crippen LogP contribution in [0.25, 0.3) is 5.69 Å². The molecule has 2 aromatic carbocycles. The largest absolute Gasteiger partial charge is 0.294 e. The highest BCUT2D eigenvalue weighted by Crippen LogP contribution is 2.24. The van der Waals surface area contributed by atoms with Gasteiger partial charge in [0.1, 0.15) is 5.82 Å². The van der Waals surface area contributed by atoms with Gasteiger partial charge in [-0.2, -0.15) is 4.68 Å². The number of thioether (sulfide) groups is 1. The Morgan fingerprint density at radius 1 is 1.12 bits per heavy atom. The summed E-state index contributed by atoms with van der Waals surface area (Å²) in [6.07, 6.45) is 1.10. The lowest BCUT2D eigenvalue weighted by Crippen LogP contribution is -2.04. The van der Waals surface area contributed by atoms with Gasteiger partial charge in [-0.3, -0.25) is 4.79 Å². The average molecular weight is 370 g/mol. The number of carbonyl (C=O) groups excluding carboxylic acids is 1. The Labute approximate surface area is 155 Å². The first-order valence-electron chi connectivity index (χ1n) is 8.33. The minimum atomic E-state index is -0.338. The molecule has 3 rings (SSSR count). The fourth-order valence-corrected chi connectivity index (χ4v) is 3.54. The van der Waals surface area contributed by atoms with E-state index in [-0.39, 0.29) is 11.6 Å². The number of benzene rings is 2. The number of tetrazole rings is 1. The summed E-state index contributed by atoms with van der Waals surface area (Å²) in [5.74, 6) is 0.397. The standard InChI is InChI=1S/C19H19FN4OS/c1-13-5-3-6-14(2)18(13)24-19(21-22-23-24)26-12-4-7-17(25)15-8-10-16(20)11-9-15/h3,5-6,8-11H,4,7,12H2,1-2H3. The van der Waals surface area contributed by atoms with Crippen LogP contribution in [-0.4, -0.2) is 31.7 Å². The van der Waals surface area contributed by atoms with Crippen molar-refractivity contribution in [2.45, 2.75) is 31.8 Å². The van der Waals surface area contributed by atoms with Crippen LogP contribution in [0.3, 0.4) is 0 Å². The number of hydrogen-bond acceptors (Lipinski definition) is 5. The van der Waals surface area contributed by atoms with Gasteiger partial charge in [-0.05, 0) is 66.1 Å². The molecule has 0 saturated carbocycles. The summed E-state index contributed by atoms with van der Waals surface area (Å²) in [6.45, 7) is 4.06. The lowest BCUT2D eigenvalue weighted by molar-refractivity contribution is 0.0982. The Morgan fingerprint density at radius 2 is 1.81 bits per heavy atom. The molecule has 7 heteroatoms. The molecule has 0 atom stereocenters. The zero-order chi connectivity index (χ0) is 18.5. The number of aryl methyl sites for hydroxylation is 2. The number of Topliss-reactive ketones (excluding diaryl/α,β-unsaturated/α-hetero) is 1. The Balaban J connectivity index is 1.59. The van der Waals surface area contributed by atoms with Gasteiger partial charge in [0.25, 0.3) is 0 Å². The molecular formula is C19H19FN4OS. The highest BCUT2D eigenvalue weighted by molar-refractivity contribution is 7.99. The maximum atomic E-state index is 12.9. The Bertz CT molecular complexity index is 888. The van der Waals surface area contributed by atoms with Crippen LogP contribution in [0.1, 0.15) is 34.3 Å². The zero-order valence-electron chi connectivity index (χ0n) is 14.6. The number of rotatable bonds is 7. The molecule has 5 nitrogen and oxygen atoms in total. The van der Waals surface area contributed by atoms with Gasteiger partial charge in [0.15, 0.2) is 5.78 Å². The second-order valence-electron chi connectivity index (χ2n) is 6.00. The van der Waals surface area contributed by atoms with E-state index >= 15 is 0 Å². The molecule has 0 aliphatic rings. The van der Waals surface area contributed by atoms with Crippen molar-refractivity contribution < 1.29 is 9.18 Å². The van der Waals surface area contributed by atoms with E-state index in [0.717, 1.165) is 22.6 Å². The molecule has 0 radical (unpaired) electrons. The van der Waals surface area contributed by atoms with Gasteiger partial charge in [-0.15, -0.1) is 5.10 Å². The van der Waals surface area contributed by atoms with E-state index in [4.69, 9.17) is 0 Å². The topological polar surface area (TPSA) is 60.7 Å². The minimum absolute atomic E-state index is 0.0138. The van der Waals surface area contributed by atoms with Crippen LogP contribution in [0.4, 0.5) is 4.39 Å². The molecular weight excluding hydrogens is 351 g/mol. The third-order valence-corrected chi connectivity index (χ3v) is 5.04. The Morgan fingerprint density at radius 3 is 2.50 bits per heavy atom. The normalized spacial score (nSPS) is 10.9. The lowest BCUT2D eigenvalue weighted by Gasteiger charge is -2.10. The second kappa shape index (κ2) is 8.23. The highest BCUT2D eigenvalue weighted by atomic mass is 32.2. The lowest BCUT2D eigenvalue weighted by atomic mass is 10.1. The van der Waals surface area contributed by atoms with Crippen molar-refractivity contribution in [3.63, 3.8) is 0 Å². The molecule has 1 aromatic heterocycles. The number of carbonyl (C=O) groups is 1. The number of ketones is 1. The van der Waals surface area contributed by atoms with Crippen molar-refractivity contribution in [3.8, 4) is 5.69 Å². The van der Waals surface area contributed by atoms with Gasteiger partial charge < -0.3 is 0 Å². The number of aromatic nitrogens is 4. The quantitative estimate of drug-likeness (QED) is 0.355.